The Labute approximate surface area is 79.9 Å². The molecule has 0 aromatic carbocycles. The van der Waals surface area contributed by atoms with E-state index < -0.39 is 5.41 Å². The average Bonchev–Trinajstić information content (AvgIpc) is 1.82. The molecule has 0 aliphatic carbocycles. The van der Waals surface area contributed by atoms with Crippen LogP contribution in [0.3, 0.4) is 0 Å². The molecule has 76 valence electrons. The van der Waals surface area contributed by atoms with Gasteiger partial charge in [0.15, 0.2) is 0 Å². The minimum atomic E-state index is -0.422. The van der Waals surface area contributed by atoms with E-state index in [-0.39, 0.29) is 24.2 Å². The van der Waals surface area contributed by atoms with Gasteiger partial charge in [0, 0.05) is 11.5 Å². The minimum Gasteiger partial charge on any atom is -0.354 e. The lowest BCUT2D eigenvalue weighted by Gasteiger charge is -2.16. The van der Waals surface area contributed by atoms with Gasteiger partial charge in [-0.2, -0.15) is 0 Å². The highest BCUT2D eigenvalue weighted by Gasteiger charge is 2.23. The van der Waals surface area contributed by atoms with E-state index in [0.717, 1.165) is 0 Å². The third-order valence-corrected chi connectivity index (χ3v) is 1.61. The molecule has 0 atom stereocenters. The number of ketones is 1. The van der Waals surface area contributed by atoms with Crippen molar-refractivity contribution in [3.63, 3.8) is 0 Å². The first-order chi connectivity index (χ1) is 5.73. The second-order valence-corrected chi connectivity index (χ2v) is 4.57. The summed E-state index contributed by atoms with van der Waals surface area (Å²) in [6, 6.07) is 0.0975. The quantitative estimate of drug-likeness (QED) is 0.677. The number of Topliss-reactive ketones (excluding diaryl/α,β-unsaturated/α-hetero) is 1. The molecule has 0 aliphatic rings. The molecule has 0 fully saturated rings. The summed E-state index contributed by atoms with van der Waals surface area (Å²) in [6.45, 7) is 9.20. The van der Waals surface area contributed by atoms with Crippen LogP contribution in [0, 0.1) is 5.41 Å². The zero-order valence-electron chi connectivity index (χ0n) is 9.10. The molecule has 0 saturated heterocycles. The standard InChI is InChI=1S/C10H19NO2/c1-7(2)11-9(13)6-8(12)10(3,4)5/h7H,6H2,1-5H3,(H,11,13). The van der Waals surface area contributed by atoms with Crippen LogP contribution in [-0.2, 0) is 9.59 Å². The Hall–Kier alpha value is -0.860. The van der Waals surface area contributed by atoms with Gasteiger partial charge in [-0.15, -0.1) is 0 Å². The molecule has 1 amide bonds. The van der Waals surface area contributed by atoms with Crippen LogP contribution in [0.2, 0.25) is 0 Å². The number of carbonyl (C=O) groups excluding carboxylic acids is 2. The van der Waals surface area contributed by atoms with Crippen molar-refractivity contribution in [3.05, 3.63) is 0 Å². The lowest BCUT2D eigenvalue weighted by atomic mass is 9.89. The molecule has 0 saturated carbocycles. The van der Waals surface area contributed by atoms with Crippen LogP contribution in [0.25, 0.3) is 0 Å². The second-order valence-electron chi connectivity index (χ2n) is 4.57. The van der Waals surface area contributed by atoms with E-state index in [1.807, 2.05) is 34.6 Å². The van der Waals surface area contributed by atoms with Crippen LogP contribution in [0.5, 0.6) is 0 Å². The van der Waals surface area contributed by atoms with E-state index in [9.17, 15) is 9.59 Å². The first kappa shape index (κ1) is 12.1. The Morgan fingerprint density at radius 3 is 2.00 bits per heavy atom. The predicted molar refractivity (Wildman–Crippen MR) is 52.4 cm³/mol. The van der Waals surface area contributed by atoms with Crippen molar-refractivity contribution in [1.29, 1.82) is 0 Å². The summed E-state index contributed by atoms with van der Waals surface area (Å²) in [5.41, 5.74) is -0.422. The first-order valence-electron chi connectivity index (χ1n) is 4.56. The van der Waals surface area contributed by atoms with Crippen LogP contribution >= 0.6 is 0 Å². The number of nitrogens with one attached hydrogen (secondary N) is 1. The Bertz CT molecular complexity index is 201. The normalized spacial score (nSPS) is 11.5. The molecule has 0 heterocycles. The van der Waals surface area contributed by atoms with Crippen LogP contribution in [0.4, 0.5) is 0 Å². The van der Waals surface area contributed by atoms with Gasteiger partial charge >= 0.3 is 0 Å². The summed E-state index contributed by atoms with van der Waals surface area (Å²) in [4.78, 5) is 22.6. The molecule has 0 unspecified atom stereocenters. The molecule has 0 radical (unpaired) electrons. The summed E-state index contributed by atoms with van der Waals surface area (Å²) in [5, 5.41) is 2.69. The lowest BCUT2D eigenvalue weighted by Crippen LogP contribution is -2.34. The fraction of sp³-hybridized carbons (Fsp3) is 0.800. The fourth-order valence-electron chi connectivity index (χ4n) is 0.784. The first-order valence-corrected chi connectivity index (χ1v) is 4.56. The summed E-state index contributed by atoms with van der Waals surface area (Å²) in [5.74, 6) is -0.208. The van der Waals surface area contributed by atoms with Crippen LogP contribution in [-0.4, -0.2) is 17.7 Å². The van der Waals surface area contributed by atoms with Gasteiger partial charge < -0.3 is 5.32 Å². The van der Waals surface area contributed by atoms with Crippen molar-refractivity contribution in [2.75, 3.05) is 0 Å². The maximum absolute atomic E-state index is 11.4. The molecule has 0 spiro atoms. The highest BCUT2D eigenvalue weighted by molar-refractivity contribution is 6.00. The summed E-state index contributed by atoms with van der Waals surface area (Å²) >= 11 is 0. The average molecular weight is 185 g/mol. The summed E-state index contributed by atoms with van der Waals surface area (Å²) < 4.78 is 0. The van der Waals surface area contributed by atoms with E-state index in [0.29, 0.717) is 0 Å². The molecular weight excluding hydrogens is 166 g/mol. The van der Waals surface area contributed by atoms with Crippen molar-refractivity contribution in [1.82, 2.24) is 5.32 Å². The molecule has 13 heavy (non-hydrogen) atoms. The SMILES string of the molecule is CC(C)NC(=O)CC(=O)C(C)(C)C. The molecule has 0 aromatic rings. The third kappa shape index (κ3) is 5.39. The maximum Gasteiger partial charge on any atom is 0.227 e. The van der Waals surface area contributed by atoms with Crippen molar-refractivity contribution in [2.24, 2.45) is 5.41 Å². The molecule has 0 aromatic heterocycles. The third-order valence-electron chi connectivity index (χ3n) is 1.61. The zero-order chi connectivity index (χ0) is 10.6. The number of hydrogen-bond donors (Lipinski definition) is 1. The van der Waals surface area contributed by atoms with Gasteiger partial charge in [-0.1, -0.05) is 20.8 Å². The Kier molecular flexibility index (Phi) is 4.11. The van der Waals surface area contributed by atoms with Crippen molar-refractivity contribution >= 4 is 11.7 Å². The largest absolute Gasteiger partial charge is 0.354 e. The van der Waals surface area contributed by atoms with Gasteiger partial charge in [-0.05, 0) is 13.8 Å². The lowest BCUT2D eigenvalue weighted by molar-refractivity contribution is -0.132. The van der Waals surface area contributed by atoms with E-state index in [1.165, 1.54) is 0 Å². The molecular formula is C10H19NO2. The fourth-order valence-corrected chi connectivity index (χ4v) is 0.784. The zero-order valence-corrected chi connectivity index (χ0v) is 9.10. The summed E-state index contributed by atoms with van der Waals surface area (Å²) in [6.07, 6.45) is -0.0122. The van der Waals surface area contributed by atoms with E-state index in [1.54, 1.807) is 0 Å². The number of rotatable bonds is 3. The number of amides is 1. The van der Waals surface area contributed by atoms with Crippen LogP contribution in [0.15, 0.2) is 0 Å². The van der Waals surface area contributed by atoms with Gasteiger partial charge in [-0.25, -0.2) is 0 Å². The van der Waals surface area contributed by atoms with Gasteiger partial charge in [0.05, 0.1) is 6.42 Å². The molecule has 3 heteroatoms. The van der Waals surface area contributed by atoms with Gasteiger partial charge in [0.2, 0.25) is 5.91 Å². The van der Waals surface area contributed by atoms with E-state index in [4.69, 9.17) is 0 Å². The molecule has 0 aliphatic heterocycles. The monoisotopic (exact) mass is 185 g/mol. The minimum absolute atomic E-state index is 0.0122. The van der Waals surface area contributed by atoms with Crippen LogP contribution < -0.4 is 5.32 Å². The molecule has 3 nitrogen and oxygen atoms in total. The van der Waals surface area contributed by atoms with Gasteiger partial charge in [0.1, 0.15) is 5.78 Å². The van der Waals surface area contributed by atoms with Gasteiger partial charge in [0.25, 0.3) is 0 Å². The Morgan fingerprint density at radius 2 is 1.69 bits per heavy atom. The van der Waals surface area contributed by atoms with E-state index in [2.05, 4.69) is 5.32 Å². The topological polar surface area (TPSA) is 46.2 Å². The molecule has 0 bridgehead atoms. The van der Waals surface area contributed by atoms with Crippen molar-refractivity contribution < 1.29 is 9.59 Å². The Morgan fingerprint density at radius 1 is 1.23 bits per heavy atom. The van der Waals surface area contributed by atoms with Gasteiger partial charge in [-0.3, -0.25) is 9.59 Å². The predicted octanol–water partition coefficient (Wildman–Crippen LogP) is 1.52. The molecule has 0 rings (SSSR count). The number of hydrogen-bond acceptors (Lipinski definition) is 2. The van der Waals surface area contributed by atoms with Crippen molar-refractivity contribution in [3.8, 4) is 0 Å². The molecule has 1 N–H and O–H groups in total. The summed E-state index contributed by atoms with van der Waals surface area (Å²) in [7, 11) is 0. The highest BCUT2D eigenvalue weighted by Crippen LogP contribution is 2.16. The number of carbonyl (C=O) groups is 2. The van der Waals surface area contributed by atoms with Crippen molar-refractivity contribution in [2.45, 2.75) is 47.1 Å². The highest BCUT2D eigenvalue weighted by atomic mass is 16.2. The van der Waals surface area contributed by atoms with E-state index >= 15 is 0 Å². The smallest absolute Gasteiger partial charge is 0.227 e. The second kappa shape index (κ2) is 4.40. The van der Waals surface area contributed by atoms with Crippen LogP contribution in [0.1, 0.15) is 41.0 Å². The maximum atomic E-state index is 11.4. The Balaban J connectivity index is 4.01.